The second-order valence-corrected chi connectivity index (χ2v) is 9.50. The Morgan fingerprint density at radius 1 is 1.03 bits per heavy atom. The van der Waals surface area contributed by atoms with E-state index >= 15 is 0 Å². The molecule has 34 heavy (non-hydrogen) atoms. The van der Waals surface area contributed by atoms with E-state index in [1.165, 1.54) is 11.8 Å². The molecule has 2 aromatic heterocycles. The fourth-order valence-corrected chi connectivity index (χ4v) is 5.21. The van der Waals surface area contributed by atoms with Crippen LogP contribution < -0.4 is 4.74 Å². The largest absolute Gasteiger partial charge is 0.490 e. The van der Waals surface area contributed by atoms with Crippen molar-refractivity contribution in [2.75, 3.05) is 13.1 Å². The molecule has 1 aliphatic rings. The van der Waals surface area contributed by atoms with E-state index in [0.717, 1.165) is 46.3 Å². The highest BCUT2D eigenvalue weighted by molar-refractivity contribution is 7.98. The van der Waals surface area contributed by atoms with Gasteiger partial charge in [0.15, 0.2) is 10.9 Å². The molecule has 174 valence electrons. The fourth-order valence-electron chi connectivity index (χ4n) is 4.38. The van der Waals surface area contributed by atoms with Crippen LogP contribution in [0.3, 0.4) is 0 Å². The molecule has 0 radical (unpaired) electrons. The van der Waals surface area contributed by atoms with Gasteiger partial charge in [-0.05, 0) is 37.1 Å². The Morgan fingerprint density at radius 2 is 1.74 bits per heavy atom. The van der Waals surface area contributed by atoms with Crippen LogP contribution in [-0.2, 0) is 5.75 Å². The molecular formula is C27H27N3O3S. The Labute approximate surface area is 203 Å². The zero-order chi connectivity index (χ0) is 23.5. The molecule has 6 nitrogen and oxygen atoms in total. The van der Waals surface area contributed by atoms with Gasteiger partial charge < -0.3 is 14.1 Å². The maximum atomic E-state index is 13.5. The molecule has 2 aromatic carbocycles. The molecule has 1 amide bonds. The minimum Gasteiger partial charge on any atom is -0.490 e. The highest BCUT2D eigenvalue weighted by Gasteiger charge is 2.29. The lowest BCUT2D eigenvalue weighted by Crippen LogP contribution is -2.42. The number of nitrogens with zero attached hydrogens (tertiary/aromatic N) is 3. The summed E-state index contributed by atoms with van der Waals surface area (Å²) in [6.45, 7) is 5.42. The average Bonchev–Trinajstić information content (AvgIpc) is 3.24. The van der Waals surface area contributed by atoms with Crippen LogP contribution in [0, 0.1) is 13.8 Å². The summed E-state index contributed by atoms with van der Waals surface area (Å²) in [6, 6.07) is 15.8. The maximum Gasteiger partial charge on any atom is 0.289 e. The first-order valence-corrected chi connectivity index (χ1v) is 12.5. The molecule has 5 rings (SSSR count). The lowest BCUT2D eigenvalue weighted by Gasteiger charge is -2.32. The number of piperidine rings is 1. The number of ether oxygens (including phenoxy) is 1. The van der Waals surface area contributed by atoms with E-state index in [1.54, 1.807) is 18.5 Å². The van der Waals surface area contributed by atoms with Crippen molar-refractivity contribution in [1.29, 1.82) is 0 Å². The number of carbonyl (C=O) groups is 1. The quantitative estimate of drug-likeness (QED) is 0.260. The molecule has 3 heterocycles. The summed E-state index contributed by atoms with van der Waals surface area (Å²) in [7, 11) is 0. The van der Waals surface area contributed by atoms with Crippen LogP contribution in [-0.4, -0.2) is 40.0 Å². The number of hydrogen-bond donors (Lipinski definition) is 0. The number of likely N-dealkylation sites (tertiary alicyclic amines) is 1. The number of aromatic nitrogens is 2. The van der Waals surface area contributed by atoms with Gasteiger partial charge in [-0.1, -0.05) is 48.2 Å². The molecule has 0 bridgehead atoms. The molecule has 0 aliphatic carbocycles. The number of amides is 1. The first-order valence-electron chi connectivity index (χ1n) is 11.5. The van der Waals surface area contributed by atoms with E-state index < -0.39 is 0 Å². The number of benzene rings is 2. The van der Waals surface area contributed by atoms with Gasteiger partial charge in [-0.2, -0.15) is 0 Å². The van der Waals surface area contributed by atoms with Crippen LogP contribution in [0.1, 0.15) is 40.1 Å². The van der Waals surface area contributed by atoms with Crippen molar-refractivity contribution in [2.45, 2.75) is 43.7 Å². The van der Waals surface area contributed by atoms with E-state index in [9.17, 15) is 4.79 Å². The van der Waals surface area contributed by atoms with E-state index in [2.05, 4.69) is 35.9 Å². The molecular weight excluding hydrogens is 446 g/mol. The van der Waals surface area contributed by atoms with E-state index in [4.69, 9.17) is 9.15 Å². The van der Waals surface area contributed by atoms with Crippen molar-refractivity contribution in [3.05, 3.63) is 83.4 Å². The predicted molar refractivity (Wildman–Crippen MR) is 133 cm³/mol. The number of para-hydroxylation sites is 2. The second kappa shape index (κ2) is 9.89. The van der Waals surface area contributed by atoms with Gasteiger partial charge in [0.1, 0.15) is 17.4 Å². The number of thioether (sulfide) groups is 1. The standard InChI is InChI=1S/C27H27N3O3S/c1-18-7-5-8-19(2)24(18)32-20-11-15-30(16-12-20)26(31)25-22(17-34-27-28-13-6-14-29-27)21-9-3-4-10-23(21)33-25/h3-10,13-14,20H,11-12,15-17H2,1-2H3. The maximum absolute atomic E-state index is 13.5. The van der Waals surface area contributed by atoms with Gasteiger partial charge in [-0.15, -0.1) is 0 Å². The second-order valence-electron chi connectivity index (χ2n) is 8.56. The molecule has 1 aliphatic heterocycles. The molecule has 1 fully saturated rings. The number of aryl methyl sites for hydroxylation is 2. The van der Waals surface area contributed by atoms with Gasteiger partial charge in [0.05, 0.1) is 0 Å². The highest BCUT2D eigenvalue weighted by atomic mass is 32.2. The van der Waals surface area contributed by atoms with Crippen molar-refractivity contribution >= 4 is 28.6 Å². The Morgan fingerprint density at radius 3 is 2.47 bits per heavy atom. The van der Waals surface area contributed by atoms with Crippen molar-refractivity contribution in [3.63, 3.8) is 0 Å². The van der Waals surface area contributed by atoms with E-state index in [1.807, 2.05) is 35.2 Å². The van der Waals surface area contributed by atoms with Crippen molar-refractivity contribution in [3.8, 4) is 5.75 Å². The van der Waals surface area contributed by atoms with E-state index in [-0.39, 0.29) is 12.0 Å². The highest BCUT2D eigenvalue weighted by Crippen LogP contribution is 2.33. The third kappa shape index (κ3) is 4.66. The first-order chi connectivity index (χ1) is 16.6. The summed E-state index contributed by atoms with van der Waals surface area (Å²) < 4.78 is 12.4. The Bertz CT molecular complexity index is 1280. The minimum absolute atomic E-state index is 0.0636. The molecule has 1 saturated heterocycles. The summed E-state index contributed by atoms with van der Waals surface area (Å²) in [5, 5.41) is 1.64. The molecule has 4 aromatic rings. The van der Waals surface area contributed by atoms with Gasteiger partial charge >= 0.3 is 0 Å². The molecule has 0 saturated carbocycles. The molecule has 0 atom stereocenters. The summed E-state index contributed by atoms with van der Waals surface area (Å²) in [5.74, 6) is 1.88. The number of rotatable bonds is 6. The Kier molecular flexibility index (Phi) is 6.54. The molecule has 0 spiro atoms. The summed E-state index contributed by atoms with van der Waals surface area (Å²) >= 11 is 1.50. The van der Waals surface area contributed by atoms with Crippen LogP contribution in [0.4, 0.5) is 0 Å². The average molecular weight is 474 g/mol. The Hall–Kier alpha value is -3.32. The molecule has 7 heteroatoms. The lowest BCUT2D eigenvalue weighted by atomic mass is 10.1. The monoisotopic (exact) mass is 473 g/mol. The number of carbonyl (C=O) groups excluding carboxylic acids is 1. The number of hydrogen-bond acceptors (Lipinski definition) is 6. The number of fused-ring (bicyclic) bond motifs is 1. The van der Waals surface area contributed by atoms with Crippen LogP contribution in [0.15, 0.2) is 70.5 Å². The normalized spacial score (nSPS) is 14.5. The molecule has 0 N–H and O–H groups in total. The minimum atomic E-state index is -0.0636. The van der Waals surface area contributed by atoms with Crippen molar-refractivity contribution in [2.24, 2.45) is 0 Å². The van der Waals surface area contributed by atoms with Crippen LogP contribution in [0.25, 0.3) is 11.0 Å². The lowest BCUT2D eigenvalue weighted by molar-refractivity contribution is 0.0565. The third-order valence-electron chi connectivity index (χ3n) is 6.20. The van der Waals surface area contributed by atoms with Gasteiger partial charge in [-0.3, -0.25) is 4.79 Å². The van der Waals surface area contributed by atoms with Crippen LogP contribution >= 0.6 is 11.8 Å². The van der Waals surface area contributed by atoms with E-state index in [0.29, 0.717) is 29.8 Å². The van der Waals surface area contributed by atoms with Crippen molar-refractivity contribution < 1.29 is 13.9 Å². The third-order valence-corrected chi connectivity index (χ3v) is 7.10. The summed E-state index contributed by atoms with van der Waals surface area (Å²) in [5.41, 5.74) is 3.91. The summed E-state index contributed by atoms with van der Waals surface area (Å²) in [4.78, 5) is 24.0. The van der Waals surface area contributed by atoms with Gasteiger partial charge in [0.25, 0.3) is 5.91 Å². The van der Waals surface area contributed by atoms with Gasteiger partial charge in [0, 0.05) is 55.0 Å². The predicted octanol–water partition coefficient (Wildman–Crippen LogP) is 5.82. The zero-order valence-corrected chi connectivity index (χ0v) is 20.2. The van der Waals surface area contributed by atoms with Crippen LogP contribution in [0.2, 0.25) is 0 Å². The first kappa shape index (κ1) is 22.5. The fraction of sp³-hybridized carbons (Fsp3) is 0.296. The van der Waals surface area contributed by atoms with Gasteiger partial charge in [-0.25, -0.2) is 9.97 Å². The summed E-state index contributed by atoms with van der Waals surface area (Å²) in [6.07, 6.45) is 5.13. The van der Waals surface area contributed by atoms with Crippen LogP contribution in [0.5, 0.6) is 5.75 Å². The van der Waals surface area contributed by atoms with Gasteiger partial charge in [0.2, 0.25) is 0 Å². The SMILES string of the molecule is Cc1cccc(C)c1OC1CCN(C(=O)c2oc3ccccc3c2CSc2ncccn2)CC1. The molecule has 0 unspecified atom stereocenters. The Balaban J connectivity index is 1.31. The smallest absolute Gasteiger partial charge is 0.289 e. The zero-order valence-electron chi connectivity index (χ0n) is 19.4. The van der Waals surface area contributed by atoms with Crippen molar-refractivity contribution in [1.82, 2.24) is 14.9 Å². The topological polar surface area (TPSA) is 68.5 Å². The number of furan rings is 1.